The second kappa shape index (κ2) is 6.13. The molecule has 1 aliphatic heterocycles. The molecule has 0 saturated heterocycles. The van der Waals surface area contributed by atoms with Crippen LogP contribution in [0.1, 0.15) is 13.8 Å². The average Bonchev–Trinajstić information content (AvgIpc) is 2.82. The van der Waals surface area contributed by atoms with Gasteiger partial charge in [0.15, 0.2) is 11.5 Å². The molecular weight excluding hydrogens is 370 g/mol. The van der Waals surface area contributed by atoms with Gasteiger partial charge in [0.25, 0.3) is 10.0 Å². The number of halogens is 2. The first-order valence-corrected chi connectivity index (χ1v) is 8.85. The first-order valence-electron chi connectivity index (χ1n) is 7.37. The summed E-state index contributed by atoms with van der Waals surface area (Å²) in [4.78, 5) is 11.6. The first kappa shape index (κ1) is 17.9. The maximum atomic E-state index is 13.5. The van der Waals surface area contributed by atoms with E-state index in [1.54, 1.807) is 18.6 Å². The summed E-state index contributed by atoms with van der Waals surface area (Å²) in [5, 5.41) is 2.00. The minimum atomic E-state index is -4.25. The van der Waals surface area contributed by atoms with Crippen molar-refractivity contribution >= 4 is 21.7 Å². The highest BCUT2D eigenvalue weighted by Crippen LogP contribution is 2.40. The lowest BCUT2D eigenvalue weighted by atomic mass is 10.3. The molecule has 0 spiro atoms. The summed E-state index contributed by atoms with van der Waals surface area (Å²) in [6.45, 7) is 3.31. The third-order valence-corrected chi connectivity index (χ3v) is 4.67. The van der Waals surface area contributed by atoms with Gasteiger partial charge in [-0.15, -0.1) is 0 Å². The van der Waals surface area contributed by atoms with Crippen LogP contribution in [0, 0.1) is 11.6 Å². The Kier molecular flexibility index (Phi) is 4.23. The molecule has 0 saturated carbocycles. The fourth-order valence-corrected chi connectivity index (χ4v) is 3.21. The lowest BCUT2D eigenvalue weighted by molar-refractivity contribution is -0.0432. The summed E-state index contributed by atoms with van der Waals surface area (Å²) in [7, 11) is -4.25. The second-order valence-corrected chi connectivity index (χ2v) is 7.58. The van der Waals surface area contributed by atoms with Crippen LogP contribution in [-0.4, -0.2) is 20.2 Å². The van der Waals surface area contributed by atoms with E-state index in [0.717, 1.165) is 12.1 Å². The van der Waals surface area contributed by atoms with E-state index in [1.165, 1.54) is 18.2 Å². The van der Waals surface area contributed by atoms with Crippen LogP contribution in [0.15, 0.2) is 41.3 Å². The monoisotopic (exact) mass is 384 g/mol. The zero-order valence-corrected chi connectivity index (χ0v) is 14.5. The number of rotatable bonds is 3. The lowest BCUT2D eigenvalue weighted by Gasteiger charge is -2.16. The van der Waals surface area contributed by atoms with Gasteiger partial charge in [0.05, 0.1) is 10.6 Å². The number of nitrogens with one attached hydrogen (secondary N) is 2. The van der Waals surface area contributed by atoms with Crippen molar-refractivity contribution in [2.45, 2.75) is 24.5 Å². The van der Waals surface area contributed by atoms with Crippen LogP contribution in [0.4, 0.5) is 19.3 Å². The van der Waals surface area contributed by atoms with Gasteiger partial charge in [-0.3, -0.25) is 0 Å². The van der Waals surface area contributed by atoms with E-state index in [9.17, 15) is 22.0 Å². The Morgan fingerprint density at radius 1 is 1.04 bits per heavy atom. The largest absolute Gasteiger partial charge is 0.449 e. The summed E-state index contributed by atoms with van der Waals surface area (Å²) >= 11 is 0. The van der Waals surface area contributed by atoms with Crippen molar-refractivity contribution < 1.29 is 31.5 Å². The Morgan fingerprint density at radius 3 is 2.42 bits per heavy atom. The van der Waals surface area contributed by atoms with Crippen LogP contribution in [0.25, 0.3) is 0 Å². The predicted molar refractivity (Wildman–Crippen MR) is 87.5 cm³/mol. The van der Waals surface area contributed by atoms with E-state index in [4.69, 9.17) is 9.47 Å². The van der Waals surface area contributed by atoms with E-state index in [2.05, 4.69) is 0 Å². The molecule has 0 fully saturated rings. The summed E-state index contributed by atoms with van der Waals surface area (Å²) < 4.78 is 63.7. The lowest BCUT2D eigenvalue weighted by Crippen LogP contribution is -2.34. The standard InChI is InChI=1S/C16H14F2N2O5S/c1-16(2)24-13-6-4-10(8-14(13)25-16)26(22,23)20-15(21)19-12-5-3-9(17)7-11(12)18/h3-8H,1-2H3,(H2,19,20,21). The highest BCUT2D eigenvalue weighted by atomic mass is 32.2. The number of hydrogen-bond donors (Lipinski definition) is 2. The zero-order chi connectivity index (χ0) is 19.1. The van der Waals surface area contributed by atoms with Crippen LogP contribution in [0.2, 0.25) is 0 Å². The van der Waals surface area contributed by atoms with Gasteiger partial charge in [0, 0.05) is 26.0 Å². The summed E-state index contributed by atoms with van der Waals surface area (Å²) in [6.07, 6.45) is 0. The topological polar surface area (TPSA) is 93.7 Å². The molecule has 138 valence electrons. The van der Waals surface area contributed by atoms with Crippen molar-refractivity contribution in [1.29, 1.82) is 0 Å². The molecule has 2 amide bonds. The second-order valence-electron chi connectivity index (χ2n) is 5.90. The van der Waals surface area contributed by atoms with Crippen molar-refractivity contribution in [3.05, 3.63) is 48.0 Å². The fraction of sp³-hybridized carbons (Fsp3) is 0.188. The SMILES string of the molecule is CC1(C)Oc2ccc(S(=O)(=O)NC(=O)Nc3ccc(F)cc3F)cc2O1. The number of amides is 2. The van der Waals surface area contributed by atoms with E-state index in [1.807, 2.05) is 5.32 Å². The van der Waals surface area contributed by atoms with Crippen molar-refractivity contribution in [1.82, 2.24) is 4.72 Å². The summed E-state index contributed by atoms with van der Waals surface area (Å²) in [6, 6.07) is 5.09. The van der Waals surface area contributed by atoms with Gasteiger partial charge < -0.3 is 14.8 Å². The quantitative estimate of drug-likeness (QED) is 0.849. The minimum Gasteiger partial charge on any atom is -0.449 e. The zero-order valence-electron chi connectivity index (χ0n) is 13.7. The third kappa shape index (κ3) is 3.69. The molecule has 1 aliphatic rings. The molecule has 10 heteroatoms. The van der Waals surface area contributed by atoms with E-state index < -0.39 is 33.5 Å². The average molecular weight is 384 g/mol. The van der Waals surface area contributed by atoms with Crippen LogP contribution >= 0.6 is 0 Å². The van der Waals surface area contributed by atoms with Gasteiger partial charge in [-0.25, -0.2) is 26.7 Å². The van der Waals surface area contributed by atoms with Crippen LogP contribution in [-0.2, 0) is 10.0 Å². The Bertz CT molecular complexity index is 992. The summed E-state index contributed by atoms with van der Waals surface area (Å²) in [5.41, 5.74) is -0.369. The third-order valence-electron chi connectivity index (χ3n) is 3.34. The minimum absolute atomic E-state index is 0.211. The van der Waals surface area contributed by atoms with Crippen molar-refractivity contribution in [2.75, 3.05) is 5.32 Å². The Morgan fingerprint density at radius 2 is 1.73 bits per heavy atom. The van der Waals surface area contributed by atoms with Gasteiger partial charge in [-0.05, 0) is 24.3 Å². The van der Waals surface area contributed by atoms with E-state index in [-0.39, 0.29) is 16.3 Å². The molecule has 1 heterocycles. The number of urea groups is 1. The van der Waals surface area contributed by atoms with Crippen LogP contribution < -0.4 is 19.5 Å². The molecule has 26 heavy (non-hydrogen) atoms. The van der Waals surface area contributed by atoms with E-state index >= 15 is 0 Å². The van der Waals surface area contributed by atoms with Gasteiger partial charge in [0.1, 0.15) is 11.6 Å². The molecule has 0 radical (unpaired) electrons. The predicted octanol–water partition coefficient (Wildman–Crippen LogP) is 2.98. The number of carbonyl (C=O) groups is 1. The number of ether oxygens (including phenoxy) is 2. The Balaban J connectivity index is 1.76. The molecule has 0 atom stereocenters. The maximum Gasteiger partial charge on any atom is 0.333 e. The van der Waals surface area contributed by atoms with Crippen molar-refractivity contribution in [3.8, 4) is 11.5 Å². The number of hydrogen-bond acceptors (Lipinski definition) is 5. The molecule has 7 nitrogen and oxygen atoms in total. The maximum absolute atomic E-state index is 13.5. The van der Waals surface area contributed by atoms with Gasteiger partial charge in [-0.2, -0.15) is 0 Å². The molecule has 2 N–H and O–H groups in total. The van der Waals surface area contributed by atoms with E-state index in [0.29, 0.717) is 11.8 Å². The normalized spacial score (nSPS) is 14.8. The Hall–Kier alpha value is -2.88. The fourth-order valence-electron chi connectivity index (χ4n) is 2.29. The number of carbonyl (C=O) groups excluding carboxylic acids is 1. The summed E-state index contributed by atoms with van der Waals surface area (Å²) in [5.74, 6) is -2.22. The van der Waals surface area contributed by atoms with Gasteiger partial charge >= 0.3 is 6.03 Å². The molecule has 0 aromatic heterocycles. The number of benzene rings is 2. The molecule has 2 aromatic carbocycles. The van der Waals surface area contributed by atoms with Gasteiger partial charge in [-0.1, -0.05) is 0 Å². The molecule has 0 aliphatic carbocycles. The molecule has 0 bridgehead atoms. The highest BCUT2D eigenvalue weighted by molar-refractivity contribution is 7.90. The highest BCUT2D eigenvalue weighted by Gasteiger charge is 2.33. The Labute approximate surface area is 148 Å². The van der Waals surface area contributed by atoms with Crippen molar-refractivity contribution in [3.63, 3.8) is 0 Å². The molecule has 3 rings (SSSR count). The molecule has 0 unspecified atom stereocenters. The first-order chi connectivity index (χ1) is 12.1. The molecular formula is C16H14F2N2O5S. The van der Waals surface area contributed by atoms with Gasteiger partial charge in [0.2, 0.25) is 5.79 Å². The smallest absolute Gasteiger partial charge is 0.333 e. The van der Waals surface area contributed by atoms with Crippen molar-refractivity contribution in [2.24, 2.45) is 0 Å². The molecule has 2 aromatic rings. The number of anilines is 1. The van der Waals surface area contributed by atoms with Crippen LogP contribution in [0.5, 0.6) is 11.5 Å². The van der Waals surface area contributed by atoms with Crippen LogP contribution in [0.3, 0.4) is 0 Å². The number of sulfonamides is 1. The number of fused-ring (bicyclic) bond motifs is 1.